The molecule has 3 nitrogen and oxygen atoms in total. The Morgan fingerprint density at radius 1 is 1.00 bits per heavy atom. The molecule has 2 aromatic rings. The van der Waals surface area contributed by atoms with Crippen LogP contribution in [0.4, 0.5) is 13.2 Å². The molecule has 1 aliphatic rings. The summed E-state index contributed by atoms with van der Waals surface area (Å²) >= 11 is 5.80. The van der Waals surface area contributed by atoms with Crippen molar-refractivity contribution < 1.29 is 21.6 Å². The first-order valence-electron chi connectivity index (χ1n) is 7.64. The molecule has 1 heterocycles. The van der Waals surface area contributed by atoms with Gasteiger partial charge >= 0.3 is 6.18 Å². The average Bonchev–Trinajstić information content (AvgIpc) is 3.05. The SMILES string of the molecule is O=S(=O)(c1ccc(Cl)cc1)N1CCCC1c1ccc(C(F)(F)F)cc1. The summed E-state index contributed by atoms with van der Waals surface area (Å²) in [6.07, 6.45) is -3.19. The van der Waals surface area contributed by atoms with Crippen LogP contribution in [0.2, 0.25) is 5.02 Å². The highest BCUT2D eigenvalue weighted by Gasteiger charge is 2.37. The van der Waals surface area contributed by atoms with Gasteiger partial charge in [-0.25, -0.2) is 8.42 Å². The van der Waals surface area contributed by atoms with Gasteiger partial charge in [-0.1, -0.05) is 23.7 Å². The fourth-order valence-corrected chi connectivity index (χ4v) is 4.81. The third kappa shape index (κ3) is 3.68. The quantitative estimate of drug-likeness (QED) is 0.749. The lowest BCUT2D eigenvalue weighted by Gasteiger charge is -2.24. The molecule has 0 saturated carbocycles. The topological polar surface area (TPSA) is 37.4 Å². The van der Waals surface area contributed by atoms with Crippen LogP contribution >= 0.6 is 11.6 Å². The van der Waals surface area contributed by atoms with Crippen LogP contribution in [0.5, 0.6) is 0 Å². The summed E-state index contributed by atoms with van der Waals surface area (Å²) in [5, 5.41) is 0.430. The molecule has 25 heavy (non-hydrogen) atoms. The second-order valence-electron chi connectivity index (χ2n) is 5.85. The van der Waals surface area contributed by atoms with E-state index in [4.69, 9.17) is 11.6 Å². The Morgan fingerprint density at radius 3 is 2.16 bits per heavy atom. The monoisotopic (exact) mass is 389 g/mol. The molecule has 134 valence electrons. The Morgan fingerprint density at radius 2 is 1.60 bits per heavy atom. The van der Waals surface area contributed by atoms with Crippen LogP contribution in [-0.4, -0.2) is 19.3 Å². The summed E-state index contributed by atoms with van der Waals surface area (Å²) in [5.74, 6) is 0. The molecule has 0 aliphatic carbocycles. The predicted octanol–water partition coefficient (Wildman–Crippen LogP) is 4.88. The number of alkyl halides is 3. The highest BCUT2D eigenvalue weighted by molar-refractivity contribution is 7.89. The molecule has 0 spiro atoms. The highest BCUT2D eigenvalue weighted by atomic mass is 35.5. The fourth-order valence-electron chi connectivity index (χ4n) is 3.00. The Bertz CT molecular complexity index is 849. The molecule has 8 heteroatoms. The lowest BCUT2D eigenvalue weighted by atomic mass is 10.0. The summed E-state index contributed by atoms with van der Waals surface area (Å²) < 4.78 is 65.2. The normalized spacial score (nSPS) is 19.3. The third-order valence-electron chi connectivity index (χ3n) is 4.25. The second-order valence-corrected chi connectivity index (χ2v) is 8.17. The van der Waals surface area contributed by atoms with Crippen LogP contribution in [0, 0.1) is 0 Å². The molecule has 0 radical (unpaired) electrons. The van der Waals surface area contributed by atoms with Crippen molar-refractivity contribution in [2.75, 3.05) is 6.54 Å². The van der Waals surface area contributed by atoms with E-state index in [2.05, 4.69) is 0 Å². The van der Waals surface area contributed by atoms with Crippen molar-refractivity contribution in [3.05, 3.63) is 64.7 Å². The van der Waals surface area contributed by atoms with E-state index in [9.17, 15) is 21.6 Å². The summed E-state index contributed by atoms with van der Waals surface area (Å²) in [6, 6.07) is 10.1. The molecule has 1 fully saturated rings. The van der Waals surface area contributed by atoms with E-state index < -0.39 is 27.8 Å². The Balaban J connectivity index is 1.91. The van der Waals surface area contributed by atoms with Crippen molar-refractivity contribution in [2.45, 2.75) is 30.0 Å². The number of nitrogens with zero attached hydrogens (tertiary/aromatic N) is 1. The van der Waals surface area contributed by atoms with Crippen LogP contribution < -0.4 is 0 Å². The van der Waals surface area contributed by atoms with E-state index in [0.717, 1.165) is 12.1 Å². The van der Waals surface area contributed by atoms with E-state index in [0.29, 0.717) is 30.0 Å². The van der Waals surface area contributed by atoms with Gasteiger partial charge in [0.15, 0.2) is 0 Å². The Kier molecular flexibility index (Phi) is 4.83. The average molecular weight is 390 g/mol. The predicted molar refractivity (Wildman–Crippen MR) is 88.8 cm³/mol. The van der Waals surface area contributed by atoms with Crippen LogP contribution in [-0.2, 0) is 16.2 Å². The molecule has 0 bridgehead atoms. The zero-order chi connectivity index (χ0) is 18.2. The van der Waals surface area contributed by atoms with Crippen LogP contribution in [0.15, 0.2) is 53.4 Å². The van der Waals surface area contributed by atoms with Gasteiger partial charge in [-0.15, -0.1) is 0 Å². The zero-order valence-corrected chi connectivity index (χ0v) is 14.6. The van der Waals surface area contributed by atoms with Gasteiger partial charge in [0, 0.05) is 11.6 Å². The minimum atomic E-state index is -4.41. The molecule has 1 atom stereocenters. The molecule has 1 aliphatic heterocycles. The van der Waals surface area contributed by atoms with Gasteiger partial charge in [0.2, 0.25) is 10.0 Å². The summed E-state index contributed by atoms with van der Waals surface area (Å²) in [5.41, 5.74) is -0.190. The van der Waals surface area contributed by atoms with E-state index in [1.165, 1.54) is 40.7 Å². The standard InChI is InChI=1S/C17H15ClF3NO2S/c18-14-7-9-15(10-8-14)25(23,24)22-11-1-2-16(22)12-3-5-13(6-4-12)17(19,20)21/h3-10,16H,1-2,11H2. The first kappa shape index (κ1) is 18.2. The molecular formula is C17H15ClF3NO2S. The minimum Gasteiger partial charge on any atom is -0.207 e. The van der Waals surface area contributed by atoms with Crippen LogP contribution in [0.3, 0.4) is 0 Å². The van der Waals surface area contributed by atoms with Gasteiger partial charge in [-0.2, -0.15) is 17.5 Å². The van der Waals surface area contributed by atoms with Crippen molar-refractivity contribution in [3.8, 4) is 0 Å². The summed E-state index contributed by atoms with van der Waals surface area (Å²) in [6.45, 7) is 0.330. The molecule has 0 N–H and O–H groups in total. The van der Waals surface area contributed by atoms with Crippen molar-refractivity contribution >= 4 is 21.6 Å². The minimum absolute atomic E-state index is 0.121. The number of halogens is 4. The summed E-state index contributed by atoms with van der Waals surface area (Å²) in [4.78, 5) is 0.121. The largest absolute Gasteiger partial charge is 0.416 e. The lowest BCUT2D eigenvalue weighted by Crippen LogP contribution is -2.30. The maximum atomic E-state index is 12.9. The van der Waals surface area contributed by atoms with Crippen molar-refractivity contribution in [2.24, 2.45) is 0 Å². The Labute approximate surface area is 149 Å². The second kappa shape index (κ2) is 6.63. The van der Waals surface area contributed by atoms with Crippen molar-refractivity contribution in [1.29, 1.82) is 0 Å². The number of rotatable bonds is 3. The van der Waals surface area contributed by atoms with Crippen LogP contribution in [0.1, 0.15) is 30.0 Å². The maximum absolute atomic E-state index is 12.9. The van der Waals surface area contributed by atoms with E-state index in [-0.39, 0.29) is 4.90 Å². The maximum Gasteiger partial charge on any atom is 0.416 e. The van der Waals surface area contributed by atoms with Crippen LogP contribution in [0.25, 0.3) is 0 Å². The van der Waals surface area contributed by atoms with Gasteiger partial charge in [0.05, 0.1) is 16.5 Å². The van der Waals surface area contributed by atoms with Crippen molar-refractivity contribution in [3.63, 3.8) is 0 Å². The molecule has 2 aromatic carbocycles. The Hall–Kier alpha value is -1.57. The number of hydrogen-bond donors (Lipinski definition) is 0. The van der Waals surface area contributed by atoms with E-state index >= 15 is 0 Å². The molecule has 3 rings (SSSR count). The highest BCUT2D eigenvalue weighted by Crippen LogP contribution is 2.38. The zero-order valence-electron chi connectivity index (χ0n) is 13.0. The first-order chi connectivity index (χ1) is 11.7. The van der Waals surface area contributed by atoms with E-state index in [1.807, 2.05) is 0 Å². The smallest absolute Gasteiger partial charge is 0.207 e. The molecule has 0 aromatic heterocycles. The van der Waals surface area contributed by atoms with Gasteiger partial charge < -0.3 is 0 Å². The third-order valence-corrected chi connectivity index (χ3v) is 6.42. The molecule has 1 saturated heterocycles. The van der Waals surface area contributed by atoms with Gasteiger partial charge in [0.25, 0.3) is 0 Å². The van der Waals surface area contributed by atoms with Gasteiger partial charge in [-0.3, -0.25) is 0 Å². The van der Waals surface area contributed by atoms with E-state index in [1.54, 1.807) is 0 Å². The first-order valence-corrected chi connectivity index (χ1v) is 9.46. The van der Waals surface area contributed by atoms with Gasteiger partial charge in [-0.05, 0) is 54.8 Å². The molecular weight excluding hydrogens is 375 g/mol. The molecule has 1 unspecified atom stereocenters. The number of benzene rings is 2. The summed E-state index contributed by atoms with van der Waals surface area (Å²) in [7, 11) is -3.74. The number of hydrogen-bond acceptors (Lipinski definition) is 2. The number of sulfonamides is 1. The fraction of sp³-hybridized carbons (Fsp3) is 0.294. The van der Waals surface area contributed by atoms with Gasteiger partial charge in [0.1, 0.15) is 0 Å². The lowest BCUT2D eigenvalue weighted by molar-refractivity contribution is -0.137. The van der Waals surface area contributed by atoms with Crippen molar-refractivity contribution in [1.82, 2.24) is 4.31 Å². The molecule has 0 amide bonds.